The lowest BCUT2D eigenvalue weighted by Crippen LogP contribution is -2.29. The lowest BCUT2D eigenvalue weighted by atomic mass is 10.2. The fraction of sp³-hybridized carbons (Fsp3) is 0.357. The number of nitrogen functional groups attached to an aromatic ring is 1. The number of aromatic nitrogens is 2. The third-order valence-electron chi connectivity index (χ3n) is 3.06. The van der Waals surface area contributed by atoms with Crippen LogP contribution in [0.1, 0.15) is 45.5 Å². The highest BCUT2D eigenvalue weighted by Crippen LogP contribution is 2.25. The number of nitrogens with zero attached hydrogens (tertiary/aromatic N) is 2. The number of anilines is 1. The van der Waals surface area contributed by atoms with Crippen LogP contribution in [0.4, 0.5) is 5.82 Å². The molecule has 0 fully saturated rings. The van der Waals surface area contributed by atoms with E-state index in [0.717, 1.165) is 17.1 Å². The van der Waals surface area contributed by atoms with E-state index in [1.807, 2.05) is 20.8 Å². The predicted molar refractivity (Wildman–Crippen MR) is 80.7 cm³/mol. The molecule has 2 aromatic rings. The van der Waals surface area contributed by atoms with Crippen LogP contribution in [0.15, 0.2) is 18.2 Å². The molecule has 1 amide bonds. The van der Waals surface area contributed by atoms with Crippen LogP contribution in [0.5, 0.6) is 0 Å². The number of pyridine rings is 1. The molecule has 0 saturated heterocycles. The Morgan fingerprint density at radius 1 is 1.40 bits per heavy atom. The van der Waals surface area contributed by atoms with E-state index < -0.39 is 0 Å². The fourth-order valence-corrected chi connectivity index (χ4v) is 2.85. The van der Waals surface area contributed by atoms with Crippen LogP contribution >= 0.6 is 11.3 Å². The Hall–Kier alpha value is -1.95. The van der Waals surface area contributed by atoms with Gasteiger partial charge in [-0.1, -0.05) is 13.0 Å². The lowest BCUT2D eigenvalue weighted by Gasteiger charge is -2.14. The highest BCUT2D eigenvalue weighted by atomic mass is 32.1. The van der Waals surface area contributed by atoms with Gasteiger partial charge in [-0.15, -0.1) is 11.3 Å². The SMILES string of the molecule is CCC(NC(=O)c1cccc(N)n1)c1nc(C)c(C)s1. The van der Waals surface area contributed by atoms with Gasteiger partial charge in [0.15, 0.2) is 0 Å². The molecular weight excluding hydrogens is 272 g/mol. The molecule has 1 atom stereocenters. The molecule has 0 aliphatic rings. The molecule has 0 aliphatic carbocycles. The number of aryl methyl sites for hydroxylation is 2. The number of nitrogens with one attached hydrogen (secondary N) is 1. The van der Waals surface area contributed by atoms with Crippen LogP contribution in [-0.4, -0.2) is 15.9 Å². The summed E-state index contributed by atoms with van der Waals surface area (Å²) in [7, 11) is 0. The second-order valence-corrected chi connectivity index (χ2v) is 5.81. The molecule has 6 heteroatoms. The highest BCUT2D eigenvalue weighted by molar-refractivity contribution is 7.11. The maximum absolute atomic E-state index is 12.2. The van der Waals surface area contributed by atoms with E-state index in [-0.39, 0.29) is 11.9 Å². The summed E-state index contributed by atoms with van der Waals surface area (Å²) in [5.74, 6) is 0.112. The monoisotopic (exact) mass is 290 g/mol. The first kappa shape index (κ1) is 14.5. The topological polar surface area (TPSA) is 80.9 Å². The first-order valence-electron chi connectivity index (χ1n) is 6.48. The van der Waals surface area contributed by atoms with Gasteiger partial charge in [-0.05, 0) is 32.4 Å². The lowest BCUT2D eigenvalue weighted by molar-refractivity contribution is 0.0930. The molecule has 1 unspecified atom stereocenters. The van der Waals surface area contributed by atoms with Crippen molar-refractivity contribution in [1.29, 1.82) is 0 Å². The van der Waals surface area contributed by atoms with Gasteiger partial charge in [0.05, 0.1) is 11.7 Å². The van der Waals surface area contributed by atoms with Crippen LogP contribution in [-0.2, 0) is 0 Å². The quantitative estimate of drug-likeness (QED) is 0.907. The predicted octanol–water partition coefficient (Wildman–Crippen LogP) is 2.62. The zero-order chi connectivity index (χ0) is 14.7. The van der Waals surface area contributed by atoms with E-state index in [9.17, 15) is 4.79 Å². The summed E-state index contributed by atoms with van der Waals surface area (Å²) in [5, 5.41) is 3.89. The molecule has 0 spiro atoms. The number of amides is 1. The number of thiazole rings is 1. The number of hydrogen-bond donors (Lipinski definition) is 2. The second-order valence-electron chi connectivity index (χ2n) is 4.58. The third-order valence-corrected chi connectivity index (χ3v) is 4.25. The average molecular weight is 290 g/mol. The third kappa shape index (κ3) is 3.14. The van der Waals surface area contributed by atoms with E-state index >= 15 is 0 Å². The van der Waals surface area contributed by atoms with Crippen molar-refractivity contribution in [2.45, 2.75) is 33.2 Å². The maximum atomic E-state index is 12.2. The molecule has 5 nitrogen and oxygen atoms in total. The summed E-state index contributed by atoms with van der Waals surface area (Å²) in [5.41, 5.74) is 6.93. The van der Waals surface area contributed by atoms with Crippen LogP contribution in [0, 0.1) is 13.8 Å². The minimum atomic E-state index is -0.227. The van der Waals surface area contributed by atoms with Gasteiger partial charge in [0.1, 0.15) is 16.5 Å². The summed E-state index contributed by atoms with van der Waals surface area (Å²) >= 11 is 1.62. The normalized spacial score (nSPS) is 12.2. The van der Waals surface area contributed by atoms with Crippen LogP contribution in [0.25, 0.3) is 0 Å². The molecule has 0 aliphatic heterocycles. The summed E-state index contributed by atoms with van der Waals surface area (Å²) in [6.07, 6.45) is 0.778. The van der Waals surface area contributed by atoms with Gasteiger partial charge in [-0.3, -0.25) is 4.79 Å². The number of rotatable bonds is 4. The molecule has 3 N–H and O–H groups in total. The number of carbonyl (C=O) groups is 1. The molecule has 0 saturated carbocycles. The minimum absolute atomic E-state index is 0.0943. The first-order valence-corrected chi connectivity index (χ1v) is 7.30. The number of nitrogens with two attached hydrogens (primary N) is 1. The Labute approximate surface area is 122 Å². The van der Waals surface area contributed by atoms with Crippen molar-refractivity contribution in [3.63, 3.8) is 0 Å². The first-order chi connectivity index (χ1) is 9.51. The Morgan fingerprint density at radius 3 is 2.70 bits per heavy atom. The Balaban J connectivity index is 2.16. The number of hydrogen-bond acceptors (Lipinski definition) is 5. The van der Waals surface area contributed by atoms with Crippen molar-refractivity contribution in [1.82, 2.24) is 15.3 Å². The Morgan fingerprint density at radius 2 is 2.15 bits per heavy atom. The molecule has 20 heavy (non-hydrogen) atoms. The zero-order valence-corrected chi connectivity index (χ0v) is 12.6. The van der Waals surface area contributed by atoms with Crippen LogP contribution in [0.3, 0.4) is 0 Å². The van der Waals surface area contributed by atoms with Crippen molar-refractivity contribution in [2.75, 3.05) is 5.73 Å². The molecule has 2 heterocycles. The van der Waals surface area contributed by atoms with E-state index in [1.54, 1.807) is 29.5 Å². The molecule has 0 aromatic carbocycles. The fourth-order valence-electron chi connectivity index (χ4n) is 1.80. The molecule has 2 aromatic heterocycles. The van der Waals surface area contributed by atoms with Crippen molar-refractivity contribution < 1.29 is 4.79 Å². The molecular formula is C14H18N4OS. The zero-order valence-electron chi connectivity index (χ0n) is 11.8. The average Bonchev–Trinajstić information content (AvgIpc) is 2.75. The van der Waals surface area contributed by atoms with Gasteiger partial charge < -0.3 is 11.1 Å². The summed E-state index contributed by atoms with van der Waals surface area (Å²) in [6, 6.07) is 4.93. The van der Waals surface area contributed by atoms with Gasteiger partial charge in [0.25, 0.3) is 5.91 Å². The largest absolute Gasteiger partial charge is 0.384 e. The van der Waals surface area contributed by atoms with Gasteiger partial charge >= 0.3 is 0 Å². The van der Waals surface area contributed by atoms with Crippen LogP contribution < -0.4 is 11.1 Å². The number of carbonyl (C=O) groups excluding carboxylic acids is 1. The summed E-state index contributed by atoms with van der Waals surface area (Å²) in [4.78, 5) is 21.9. The van der Waals surface area contributed by atoms with Gasteiger partial charge in [0.2, 0.25) is 0 Å². The van der Waals surface area contributed by atoms with Crippen molar-refractivity contribution in [3.05, 3.63) is 39.5 Å². The van der Waals surface area contributed by atoms with E-state index in [2.05, 4.69) is 15.3 Å². The van der Waals surface area contributed by atoms with E-state index in [1.165, 1.54) is 4.88 Å². The van der Waals surface area contributed by atoms with Crippen molar-refractivity contribution in [2.24, 2.45) is 0 Å². The minimum Gasteiger partial charge on any atom is -0.384 e. The maximum Gasteiger partial charge on any atom is 0.270 e. The van der Waals surface area contributed by atoms with Crippen molar-refractivity contribution in [3.8, 4) is 0 Å². The molecule has 0 radical (unpaired) electrons. The van der Waals surface area contributed by atoms with E-state index in [4.69, 9.17) is 5.73 Å². The standard InChI is InChI=1S/C14H18N4OS/c1-4-10(14-16-8(2)9(3)20-14)18-13(19)11-6-5-7-12(15)17-11/h5-7,10H,4H2,1-3H3,(H2,15,17)(H,18,19). The molecule has 106 valence electrons. The summed E-state index contributed by atoms with van der Waals surface area (Å²) < 4.78 is 0. The van der Waals surface area contributed by atoms with Gasteiger partial charge in [0, 0.05) is 4.88 Å². The summed E-state index contributed by atoms with van der Waals surface area (Å²) in [6.45, 7) is 6.03. The van der Waals surface area contributed by atoms with Gasteiger partial charge in [-0.25, -0.2) is 9.97 Å². The second kappa shape index (κ2) is 6.00. The Kier molecular flexibility index (Phi) is 4.34. The van der Waals surface area contributed by atoms with Crippen LogP contribution in [0.2, 0.25) is 0 Å². The van der Waals surface area contributed by atoms with Gasteiger partial charge in [-0.2, -0.15) is 0 Å². The molecule has 2 rings (SSSR count). The van der Waals surface area contributed by atoms with E-state index in [0.29, 0.717) is 11.5 Å². The Bertz CT molecular complexity index is 604. The highest BCUT2D eigenvalue weighted by Gasteiger charge is 2.18. The smallest absolute Gasteiger partial charge is 0.270 e. The molecule has 0 bridgehead atoms. The van der Waals surface area contributed by atoms with Crippen molar-refractivity contribution >= 4 is 23.1 Å².